The third kappa shape index (κ3) is 2.77. The second-order valence-corrected chi connectivity index (χ2v) is 5.73. The molecule has 0 radical (unpaired) electrons. The highest BCUT2D eigenvalue weighted by Crippen LogP contribution is 2.42. The summed E-state index contributed by atoms with van der Waals surface area (Å²) in [7, 11) is 5.82. The van der Waals surface area contributed by atoms with Gasteiger partial charge in [-0.3, -0.25) is 0 Å². The summed E-state index contributed by atoms with van der Waals surface area (Å²) in [6, 6.07) is 7.79. The van der Waals surface area contributed by atoms with Crippen molar-refractivity contribution in [3.63, 3.8) is 0 Å². The molecular weight excluding hydrogens is 238 g/mol. The van der Waals surface area contributed by atoms with Gasteiger partial charge in [-0.1, -0.05) is 31.4 Å². The first-order valence-electron chi connectivity index (χ1n) is 7.09. The minimum absolute atomic E-state index is 0.118. The van der Waals surface area contributed by atoms with Gasteiger partial charge >= 0.3 is 0 Å². The van der Waals surface area contributed by atoms with Crippen LogP contribution in [0.3, 0.4) is 0 Å². The summed E-state index contributed by atoms with van der Waals surface area (Å²) in [6.45, 7) is 0. The fourth-order valence-electron chi connectivity index (χ4n) is 3.23. The maximum Gasteiger partial charge on any atom is 0.118 e. The van der Waals surface area contributed by atoms with Crippen molar-refractivity contribution >= 4 is 0 Å². The van der Waals surface area contributed by atoms with Crippen LogP contribution in [0.2, 0.25) is 0 Å². The molecule has 0 heterocycles. The molecule has 2 rings (SSSR count). The van der Waals surface area contributed by atoms with E-state index < -0.39 is 6.10 Å². The predicted octanol–water partition coefficient (Wildman–Crippen LogP) is 2.99. The summed E-state index contributed by atoms with van der Waals surface area (Å²) in [4.78, 5) is 2.21. The molecule has 1 aromatic carbocycles. The van der Waals surface area contributed by atoms with E-state index in [0.29, 0.717) is 0 Å². The summed E-state index contributed by atoms with van der Waals surface area (Å²) in [5.41, 5.74) is 0.865. The Morgan fingerprint density at radius 2 is 1.68 bits per heavy atom. The van der Waals surface area contributed by atoms with Gasteiger partial charge in [-0.05, 0) is 44.6 Å². The van der Waals surface area contributed by atoms with Gasteiger partial charge in [-0.25, -0.2) is 0 Å². The maximum atomic E-state index is 10.8. The molecule has 1 N–H and O–H groups in total. The minimum Gasteiger partial charge on any atom is -0.497 e. The Hall–Kier alpha value is -1.06. The fourth-order valence-corrected chi connectivity index (χ4v) is 3.23. The first-order chi connectivity index (χ1) is 9.10. The van der Waals surface area contributed by atoms with Crippen LogP contribution < -0.4 is 4.74 Å². The number of rotatable bonds is 4. The number of ether oxygens (including phenoxy) is 1. The summed E-state index contributed by atoms with van der Waals surface area (Å²) < 4.78 is 5.17. The third-order valence-electron chi connectivity index (χ3n) is 4.55. The molecule has 1 atom stereocenters. The van der Waals surface area contributed by atoms with E-state index in [4.69, 9.17) is 4.74 Å². The fraction of sp³-hybridized carbons (Fsp3) is 0.625. The van der Waals surface area contributed by atoms with Crippen molar-refractivity contribution in [1.29, 1.82) is 0 Å². The summed E-state index contributed by atoms with van der Waals surface area (Å²) in [5, 5.41) is 10.8. The summed E-state index contributed by atoms with van der Waals surface area (Å²) >= 11 is 0. The standard InChI is InChI=1S/C16H25NO2/c1-17(2)16(11-5-4-6-12-16)15(18)13-7-9-14(19-3)10-8-13/h7-10,15,18H,4-6,11-12H2,1-3H3. The van der Waals surface area contributed by atoms with Crippen LogP contribution in [0.4, 0.5) is 0 Å². The Bertz CT molecular complexity index is 394. The number of aliphatic hydroxyl groups excluding tert-OH is 1. The Morgan fingerprint density at radius 3 is 2.16 bits per heavy atom. The molecular formula is C16H25NO2. The van der Waals surface area contributed by atoms with Crippen LogP contribution in [0.15, 0.2) is 24.3 Å². The average Bonchev–Trinajstić information content (AvgIpc) is 2.47. The molecule has 1 fully saturated rings. The predicted molar refractivity (Wildman–Crippen MR) is 77.5 cm³/mol. The zero-order chi connectivity index (χ0) is 13.9. The molecule has 1 aliphatic carbocycles. The molecule has 0 amide bonds. The number of nitrogens with zero attached hydrogens (tertiary/aromatic N) is 1. The molecule has 0 bridgehead atoms. The minimum atomic E-state index is -0.436. The molecule has 19 heavy (non-hydrogen) atoms. The van der Waals surface area contributed by atoms with E-state index in [0.717, 1.165) is 24.2 Å². The van der Waals surface area contributed by atoms with Crippen LogP contribution in [0.25, 0.3) is 0 Å². The Morgan fingerprint density at radius 1 is 1.11 bits per heavy atom. The lowest BCUT2D eigenvalue weighted by Crippen LogP contribution is -2.50. The van der Waals surface area contributed by atoms with Gasteiger partial charge in [0.05, 0.1) is 18.8 Å². The second kappa shape index (κ2) is 5.93. The van der Waals surface area contributed by atoms with Gasteiger partial charge in [0.1, 0.15) is 5.75 Å². The monoisotopic (exact) mass is 263 g/mol. The molecule has 1 aromatic rings. The van der Waals surface area contributed by atoms with Crippen molar-refractivity contribution in [3.05, 3.63) is 29.8 Å². The lowest BCUT2D eigenvalue weighted by Gasteiger charge is -2.46. The van der Waals surface area contributed by atoms with Crippen molar-refractivity contribution in [2.45, 2.75) is 43.7 Å². The molecule has 0 spiro atoms. The highest BCUT2D eigenvalue weighted by Gasteiger charge is 2.41. The number of benzene rings is 1. The Labute approximate surface area is 116 Å². The van der Waals surface area contributed by atoms with Crippen LogP contribution in [0.5, 0.6) is 5.75 Å². The number of aliphatic hydroxyl groups is 1. The largest absolute Gasteiger partial charge is 0.497 e. The smallest absolute Gasteiger partial charge is 0.118 e. The first-order valence-corrected chi connectivity index (χ1v) is 7.09. The molecule has 0 aromatic heterocycles. The number of methoxy groups -OCH3 is 1. The number of hydrogen-bond acceptors (Lipinski definition) is 3. The van der Waals surface area contributed by atoms with Crippen molar-refractivity contribution in [1.82, 2.24) is 4.90 Å². The highest BCUT2D eigenvalue weighted by atomic mass is 16.5. The van der Waals surface area contributed by atoms with Crippen LogP contribution in [-0.2, 0) is 0 Å². The van der Waals surface area contributed by atoms with Gasteiger partial charge in [0.2, 0.25) is 0 Å². The zero-order valence-electron chi connectivity index (χ0n) is 12.2. The Balaban J connectivity index is 2.25. The lowest BCUT2D eigenvalue weighted by molar-refractivity contribution is -0.0336. The van der Waals surface area contributed by atoms with E-state index in [1.54, 1.807) is 7.11 Å². The van der Waals surface area contributed by atoms with Gasteiger partial charge in [0, 0.05) is 0 Å². The van der Waals surface area contributed by atoms with Crippen LogP contribution in [0.1, 0.15) is 43.8 Å². The third-order valence-corrected chi connectivity index (χ3v) is 4.55. The van der Waals surface area contributed by atoms with Crippen molar-refractivity contribution in [2.24, 2.45) is 0 Å². The molecule has 0 saturated heterocycles. The van der Waals surface area contributed by atoms with Gasteiger partial charge in [0.15, 0.2) is 0 Å². The van der Waals surface area contributed by atoms with E-state index in [-0.39, 0.29) is 5.54 Å². The molecule has 3 heteroatoms. The Kier molecular flexibility index (Phi) is 4.48. The van der Waals surface area contributed by atoms with Crippen molar-refractivity contribution in [3.8, 4) is 5.75 Å². The normalized spacial score (nSPS) is 20.3. The van der Waals surface area contributed by atoms with Crippen molar-refractivity contribution in [2.75, 3.05) is 21.2 Å². The van der Waals surface area contributed by atoms with E-state index in [1.807, 2.05) is 24.3 Å². The van der Waals surface area contributed by atoms with E-state index >= 15 is 0 Å². The van der Waals surface area contributed by atoms with E-state index in [2.05, 4.69) is 19.0 Å². The maximum absolute atomic E-state index is 10.8. The van der Waals surface area contributed by atoms with Gasteiger partial charge in [-0.15, -0.1) is 0 Å². The van der Waals surface area contributed by atoms with Gasteiger partial charge < -0.3 is 14.7 Å². The van der Waals surface area contributed by atoms with Crippen molar-refractivity contribution < 1.29 is 9.84 Å². The average molecular weight is 263 g/mol. The molecule has 1 unspecified atom stereocenters. The van der Waals surface area contributed by atoms with Crippen LogP contribution in [0, 0.1) is 0 Å². The highest BCUT2D eigenvalue weighted by molar-refractivity contribution is 5.30. The molecule has 3 nitrogen and oxygen atoms in total. The lowest BCUT2D eigenvalue weighted by atomic mass is 9.74. The summed E-state index contributed by atoms with van der Waals surface area (Å²) in [5.74, 6) is 0.832. The van der Waals surface area contributed by atoms with Gasteiger partial charge in [-0.2, -0.15) is 0 Å². The number of likely N-dealkylation sites (N-methyl/N-ethyl adjacent to an activating group) is 1. The zero-order valence-corrected chi connectivity index (χ0v) is 12.2. The van der Waals surface area contributed by atoms with Crippen LogP contribution in [-0.4, -0.2) is 36.8 Å². The van der Waals surface area contributed by atoms with Crippen LogP contribution >= 0.6 is 0 Å². The SMILES string of the molecule is COc1ccc(C(O)C2(N(C)C)CCCCC2)cc1. The van der Waals surface area contributed by atoms with E-state index in [9.17, 15) is 5.11 Å². The topological polar surface area (TPSA) is 32.7 Å². The molecule has 1 saturated carbocycles. The van der Waals surface area contributed by atoms with E-state index in [1.165, 1.54) is 19.3 Å². The molecule has 106 valence electrons. The second-order valence-electron chi connectivity index (χ2n) is 5.73. The first kappa shape index (κ1) is 14.4. The number of hydrogen-bond donors (Lipinski definition) is 1. The summed E-state index contributed by atoms with van der Waals surface area (Å²) in [6.07, 6.45) is 5.37. The molecule has 1 aliphatic rings. The van der Waals surface area contributed by atoms with Gasteiger partial charge in [0.25, 0.3) is 0 Å². The molecule has 0 aliphatic heterocycles. The quantitative estimate of drug-likeness (QED) is 0.906.